The SMILES string of the molecule is S=P1(S)ONO1. The molecule has 0 aromatic rings. The average Bonchev–Trinajstić information content (AvgIpc) is 1.32. The van der Waals surface area contributed by atoms with Crippen molar-refractivity contribution in [3.63, 3.8) is 0 Å². The van der Waals surface area contributed by atoms with Crippen LogP contribution in [0.1, 0.15) is 0 Å². The molecule has 0 amide bonds. The van der Waals surface area contributed by atoms with Crippen molar-refractivity contribution in [2.24, 2.45) is 0 Å². The van der Waals surface area contributed by atoms with E-state index in [1.165, 1.54) is 0 Å². The van der Waals surface area contributed by atoms with Gasteiger partial charge in [0, 0.05) is 0 Å². The topological polar surface area (TPSA) is 30.5 Å². The molecular weight excluding hydrogens is 141 g/mol. The van der Waals surface area contributed by atoms with Crippen LogP contribution in [0.3, 0.4) is 0 Å². The zero-order valence-electron chi connectivity index (χ0n) is 2.62. The second-order valence-electron chi connectivity index (χ2n) is 0.734. The first-order chi connectivity index (χ1) is 2.71. The molecule has 0 radical (unpaired) electrons. The predicted molar refractivity (Wildman–Crippen MR) is 28.6 cm³/mol. The summed E-state index contributed by atoms with van der Waals surface area (Å²) in [7, 11) is 0. The van der Waals surface area contributed by atoms with E-state index in [9.17, 15) is 0 Å². The monoisotopic (exact) mass is 143 g/mol. The van der Waals surface area contributed by atoms with Crippen LogP contribution < -0.4 is 5.64 Å². The van der Waals surface area contributed by atoms with Crippen molar-refractivity contribution in [2.75, 3.05) is 0 Å². The van der Waals surface area contributed by atoms with Gasteiger partial charge in [-0.15, -0.1) is 0 Å². The summed E-state index contributed by atoms with van der Waals surface area (Å²) >= 11 is 8.30. The van der Waals surface area contributed by atoms with Crippen LogP contribution in [0.4, 0.5) is 0 Å². The van der Waals surface area contributed by atoms with Crippen LogP contribution in [0.5, 0.6) is 0 Å². The molecule has 3 nitrogen and oxygen atoms in total. The van der Waals surface area contributed by atoms with Gasteiger partial charge in [-0.2, -0.15) is 0 Å². The maximum absolute atomic E-state index is 4.54. The summed E-state index contributed by atoms with van der Waals surface area (Å²) in [6.07, 6.45) is 0. The van der Waals surface area contributed by atoms with E-state index in [-0.39, 0.29) is 0 Å². The number of nitrogens with one attached hydrogen (secondary N) is 1. The summed E-state index contributed by atoms with van der Waals surface area (Å²) in [5, 5.41) is 0. The summed E-state index contributed by atoms with van der Waals surface area (Å²) in [4.78, 5) is 0. The zero-order valence-corrected chi connectivity index (χ0v) is 5.22. The van der Waals surface area contributed by atoms with Crippen LogP contribution in [0.25, 0.3) is 0 Å². The lowest BCUT2D eigenvalue weighted by atomic mass is 13.2. The molecular formula is H2NO2PS2. The van der Waals surface area contributed by atoms with Gasteiger partial charge in [-0.25, -0.2) is 9.25 Å². The Kier molecular flexibility index (Phi) is 1.20. The lowest BCUT2D eigenvalue weighted by Gasteiger charge is -2.23. The highest BCUT2D eigenvalue weighted by Gasteiger charge is 2.23. The summed E-state index contributed by atoms with van der Waals surface area (Å²) in [6, 6.07) is 0. The lowest BCUT2D eigenvalue weighted by Crippen LogP contribution is -2.21. The van der Waals surface area contributed by atoms with Crippen LogP contribution >= 0.6 is 17.9 Å². The first-order valence-electron chi connectivity index (χ1n) is 1.16. The fourth-order valence-corrected chi connectivity index (χ4v) is 0.686. The minimum Gasteiger partial charge on any atom is -0.207 e. The van der Waals surface area contributed by atoms with Gasteiger partial charge in [0.2, 0.25) is 0 Å². The normalized spacial score (nSPS) is 28.8. The minimum atomic E-state index is -2.05. The zero-order chi connectivity index (χ0) is 4.62. The number of hydrogen-bond donors (Lipinski definition) is 2. The molecule has 1 N–H and O–H groups in total. The van der Waals surface area contributed by atoms with E-state index in [0.717, 1.165) is 0 Å². The van der Waals surface area contributed by atoms with E-state index < -0.39 is 5.69 Å². The number of hydrogen-bond acceptors (Lipinski definition) is 4. The standard InChI is InChI=1S/H2NO2PS2/c5-4(6)2-1-3-4/h1H,(H,5,6). The fraction of sp³-hybridized carbons (Fsp3) is 0. The minimum absolute atomic E-state index is 2.05. The van der Waals surface area contributed by atoms with Gasteiger partial charge in [-0.1, -0.05) is 17.9 Å². The molecule has 0 aromatic carbocycles. The Morgan fingerprint density at radius 3 is 2.00 bits per heavy atom. The van der Waals surface area contributed by atoms with E-state index in [0.29, 0.717) is 0 Å². The summed E-state index contributed by atoms with van der Waals surface area (Å²) in [6.45, 7) is 0. The van der Waals surface area contributed by atoms with Gasteiger partial charge in [0.25, 0.3) is 5.69 Å². The molecule has 6 heavy (non-hydrogen) atoms. The van der Waals surface area contributed by atoms with Crippen LogP contribution in [-0.4, -0.2) is 0 Å². The largest absolute Gasteiger partial charge is 0.282 e. The highest BCUT2D eigenvalue weighted by Crippen LogP contribution is 2.57. The third-order valence-electron chi connectivity index (χ3n) is 0.305. The van der Waals surface area contributed by atoms with Crippen LogP contribution in [0.15, 0.2) is 0 Å². The molecule has 6 heteroatoms. The molecule has 0 spiro atoms. The molecule has 0 aromatic heterocycles. The van der Waals surface area contributed by atoms with Gasteiger partial charge in [0.05, 0.1) is 0 Å². The Morgan fingerprint density at radius 2 is 2.00 bits per heavy atom. The number of rotatable bonds is 0. The van der Waals surface area contributed by atoms with E-state index in [2.05, 4.69) is 38.9 Å². The third kappa shape index (κ3) is 0.932. The van der Waals surface area contributed by atoms with Crippen molar-refractivity contribution in [3.05, 3.63) is 0 Å². The Balaban J connectivity index is 2.53. The Hall–Kier alpha value is 0.880. The van der Waals surface area contributed by atoms with Gasteiger partial charge >= 0.3 is 0 Å². The summed E-state index contributed by atoms with van der Waals surface area (Å²) in [5.41, 5.74) is 0.0208. The smallest absolute Gasteiger partial charge is 0.207 e. The molecule has 1 aliphatic rings. The molecule has 36 valence electrons. The van der Waals surface area contributed by atoms with Crippen molar-refractivity contribution in [1.82, 2.24) is 5.64 Å². The predicted octanol–water partition coefficient (Wildman–Crippen LogP) is 0.607. The van der Waals surface area contributed by atoms with Crippen LogP contribution in [-0.2, 0) is 21.1 Å². The molecule has 0 atom stereocenters. The second-order valence-corrected chi connectivity index (χ2v) is 5.87. The molecule has 0 saturated carbocycles. The van der Waals surface area contributed by atoms with Gasteiger partial charge in [0.1, 0.15) is 0 Å². The molecule has 0 bridgehead atoms. The van der Waals surface area contributed by atoms with Gasteiger partial charge < -0.3 is 0 Å². The first kappa shape index (κ1) is 5.03. The van der Waals surface area contributed by atoms with E-state index in [1.54, 1.807) is 0 Å². The van der Waals surface area contributed by atoms with Gasteiger partial charge in [-0.05, 0) is 11.8 Å². The molecule has 1 fully saturated rings. The molecule has 0 aliphatic carbocycles. The maximum Gasteiger partial charge on any atom is 0.282 e. The highest BCUT2D eigenvalue weighted by atomic mass is 32.9. The third-order valence-corrected chi connectivity index (χ3v) is 1.85. The molecule has 0 unspecified atom stereocenters. The quantitative estimate of drug-likeness (QED) is 0.384. The van der Waals surface area contributed by atoms with E-state index in [4.69, 9.17) is 0 Å². The van der Waals surface area contributed by atoms with Gasteiger partial charge in [0.15, 0.2) is 0 Å². The molecule has 1 rings (SSSR count). The second kappa shape index (κ2) is 1.43. The van der Waals surface area contributed by atoms with Crippen molar-refractivity contribution in [3.8, 4) is 0 Å². The van der Waals surface area contributed by atoms with Gasteiger partial charge in [-0.3, -0.25) is 0 Å². The average molecular weight is 143 g/mol. The van der Waals surface area contributed by atoms with Crippen molar-refractivity contribution < 1.29 is 9.25 Å². The highest BCUT2D eigenvalue weighted by molar-refractivity contribution is 8.60. The first-order valence-corrected chi connectivity index (χ1v) is 4.95. The summed E-state index contributed by atoms with van der Waals surface area (Å²) < 4.78 is 8.87. The Labute approximate surface area is 45.3 Å². The lowest BCUT2D eigenvalue weighted by molar-refractivity contribution is -0.0907. The molecule has 1 heterocycles. The van der Waals surface area contributed by atoms with E-state index in [1.807, 2.05) is 0 Å². The maximum atomic E-state index is 4.54. The van der Waals surface area contributed by atoms with Crippen LogP contribution in [0, 0.1) is 0 Å². The molecule has 1 aliphatic heterocycles. The van der Waals surface area contributed by atoms with Crippen molar-refractivity contribution >= 4 is 29.7 Å². The Morgan fingerprint density at radius 1 is 1.67 bits per heavy atom. The summed E-state index contributed by atoms with van der Waals surface area (Å²) in [5.74, 6) is 0. The molecule has 1 saturated heterocycles. The number of thiol groups is 1. The van der Waals surface area contributed by atoms with Crippen molar-refractivity contribution in [2.45, 2.75) is 0 Å². The Bertz CT molecular complexity index is 93.7. The fourth-order valence-electron chi connectivity index (χ4n) is 0.101. The van der Waals surface area contributed by atoms with Crippen molar-refractivity contribution in [1.29, 1.82) is 0 Å². The van der Waals surface area contributed by atoms with Crippen LogP contribution in [0.2, 0.25) is 0 Å². The van der Waals surface area contributed by atoms with E-state index >= 15 is 0 Å².